The molecule has 0 saturated carbocycles. The van der Waals surface area contributed by atoms with E-state index >= 15 is 0 Å². The lowest BCUT2D eigenvalue weighted by molar-refractivity contribution is 0.903. The summed E-state index contributed by atoms with van der Waals surface area (Å²) in [4.78, 5) is 4.01. The van der Waals surface area contributed by atoms with Crippen LogP contribution in [0.3, 0.4) is 0 Å². The summed E-state index contributed by atoms with van der Waals surface area (Å²) in [5, 5.41) is 0. The number of pyridine rings is 1. The van der Waals surface area contributed by atoms with E-state index in [1.54, 1.807) is 0 Å². The molecule has 0 fully saturated rings. The van der Waals surface area contributed by atoms with Gasteiger partial charge in [-0.3, -0.25) is 4.98 Å². The lowest BCUT2D eigenvalue weighted by Crippen LogP contribution is -1.95. The molecule has 1 nitrogen and oxygen atoms in total. The van der Waals surface area contributed by atoms with Gasteiger partial charge in [-0.1, -0.05) is 37.3 Å². The van der Waals surface area contributed by atoms with Gasteiger partial charge in [-0.2, -0.15) is 0 Å². The highest BCUT2D eigenvalue weighted by Crippen LogP contribution is 2.21. The number of aromatic nitrogens is 1. The second kappa shape index (κ2) is 4.74. The molecule has 1 unspecified atom stereocenters. The highest BCUT2D eigenvalue weighted by atomic mass is 14.6. The Bertz CT molecular complexity index is 394. The summed E-state index contributed by atoms with van der Waals surface area (Å²) >= 11 is 0. The Morgan fingerprint density at radius 1 is 1.00 bits per heavy atom. The third-order valence-corrected chi connectivity index (χ3v) is 2.47. The Kier molecular flexibility index (Phi) is 3.13. The minimum atomic E-state index is 0.439. The summed E-state index contributed by atoms with van der Waals surface area (Å²) in [6, 6.07) is 14.6. The third kappa shape index (κ3) is 2.66. The van der Waals surface area contributed by atoms with Crippen LogP contribution in [0.4, 0.5) is 0 Å². The molecule has 15 heavy (non-hydrogen) atoms. The van der Waals surface area contributed by atoms with Crippen LogP contribution in [0.5, 0.6) is 0 Å². The van der Waals surface area contributed by atoms with Gasteiger partial charge < -0.3 is 0 Å². The molecule has 0 aliphatic rings. The van der Waals surface area contributed by atoms with Crippen molar-refractivity contribution < 1.29 is 0 Å². The van der Waals surface area contributed by atoms with Crippen molar-refractivity contribution in [2.75, 3.05) is 0 Å². The molecule has 0 amide bonds. The minimum absolute atomic E-state index is 0.439. The molecule has 0 N–H and O–H groups in total. The van der Waals surface area contributed by atoms with Gasteiger partial charge in [0.15, 0.2) is 0 Å². The molecule has 1 aromatic heterocycles. The van der Waals surface area contributed by atoms with E-state index in [1.165, 1.54) is 11.1 Å². The highest BCUT2D eigenvalue weighted by molar-refractivity contribution is 5.29. The van der Waals surface area contributed by atoms with Crippen molar-refractivity contribution in [3.8, 4) is 0 Å². The molecule has 1 atom stereocenters. The van der Waals surface area contributed by atoms with Crippen LogP contribution in [0.25, 0.3) is 0 Å². The lowest BCUT2D eigenvalue weighted by atomic mass is 9.94. The van der Waals surface area contributed by atoms with Gasteiger partial charge in [-0.15, -0.1) is 0 Å². The molecule has 1 heteroatoms. The molecule has 1 radical (unpaired) electrons. The van der Waals surface area contributed by atoms with E-state index in [2.05, 4.69) is 42.6 Å². The number of benzene rings is 1. The fourth-order valence-corrected chi connectivity index (χ4v) is 1.62. The Labute approximate surface area is 90.8 Å². The first kappa shape index (κ1) is 9.91. The lowest BCUT2D eigenvalue weighted by Gasteiger charge is -2.10. The van der Waals surface area contributed by atoms with E-state index < -0.39 is 0 Å². The predicted molar refractivity (Wildman–Crippen MR) is 62.5 cm³/mol. The van der Waals surface area contributed by atoms with E-state index in [9.17, 15) is 0 Å². The van der Waals surface area contributed by atoms with Crippen molar-refractivity contribution in [2.24, 2.45) is 0 Å². The molecule has 0 aliphatic carbocycles. The summed E-state index contributed by atoms with van der Waals surface area (Å²) in [6.07, 6.45) is 5.89. The van der Waals surface area contributed by atoms with Crippen molar-refractivity contribution >= 4 is 0 Å². The third-order valence-electron chi connectivity index (χ3n) is 2.47. The van der Waals surface area contributed by atoms with Gasteiger partial charge in [-0.25, -0.2) is 0 Å². The maximum atomic E-state index is 4.01. The van der Waals surface area contributed by atoms with E-state index in [4.69, 9.17) is 0 Å². The van der Waals surface area contributed by atoms with E-state index in [-0.39, 0.29) is 0 Å². The monoisotopic (exact) mass is 196 g/mol. The largest absolute Gasteiger partial charge is 0.265 e. The molecule has 0 spiro atoms. The highest BCUT2D eigenvalue weighted by Gasteiger charge is 2.05. The Balaban J connectivity index is 2.08. The van der Waals surface area contributed by atoms with E-state index in [0.717, 1.165) is 0 Å². The van der Waals surface area contributed by atoms with Crippen LogP contribution in [0.15, 0.2) is 54.9 Å². The second-order valence-electron chi connectivity index (χ2n) is 3.65. The van der Waals surface area contributed by atoms with Crippen molar-refractivity contribution in [1.29, 1.82) is 0 Å². The summed E-state index contributed by atoms with van der Waals surface area (Å²) in [5.41, 5.74) is 2.57. The fraction of sp³-hybridized carbons (Fsp3) is 0.143. The number of nitrogens with zero attached hydrogens (tertiary/aromatic N) is 1. The average Bonchev–Trinajstić information content (AvgIpc) is 2.31. The summed E-state index contributed by atoms with van der Waals surface area (Å²) in [6.45, 7) is 2.20. The summed E-state index contributed by atoms with van der Waals surface area (Å²) < 4.78 is 0. The SMILES string of the molecule is CC([CH]c1ccncc1)c1ccccc1. The van der Waals surface area contributed by atoms with E-state index in [1.807, 2.05) is 30.6 Å². The molecule has 0 saturated heterocycles. The maximum Gasteiger partial charge on any atom is 0.0270 e. The van der Waals surface area contributed by atoms with Crippen molar-refractivity contribution in [3.63, 3.8) is 0 Å². The van der Waals surface area contributed by atoms with Crippen molar-refractivity contribution in [3.05, 3.63) is 72.4 Å². The second-order valence-corrected chi connectivity index (χ2v) is 3.65. The standard InChI is InChI=1S/C14H14N/c1-12(14-5-3-2-4-6-14)11-13-7-9-15-10-8-13/h2-12H,1H3. The maximum absolute atomic E-state index is 4.01. The van der Waals surface area contributed by atoms with Crippen LogP contribution < -0.4 is 0 Å². The molecule has 1 heterocycles. The van der Waals surface area contributed by atoms with Gasteiger partial charge in [0.2, 0.25) is 0 Å². The van der Waals surface area contributed by atoms with Gasteiger partial charge in [0, 0.05) is 12.4 Å². The topological polar surface area (TPSA) is 12.9 Å². The molecule has 0 bridgehead atoms. The van der Waals surface area contributed by atoms with Crippen LogP contribution >= 0.6 is 0 Å². The van der Waals surface area contributed by atoms with Crippen LogP contribution in [-0.4, -0.2) is 4.98 Å². The zero-order chi connectivity index (χ0) is 10.5. The molecular weight excluding hydrogens is 182 g/mol. The minimum Gasteiger partial charge on any atom is -0.265 e. The van der Waals surface area contributed by atoms with Gasteiger partial charge in [0.25, 0.3) is 0 Å². The first-order valence-electron chi connectivity index (χ1n) is 5.16. The Morgan fingerprint density at radius 3 is 2.33 bits per heavy atom. The van der Waals surface area contributed by atoms with Crippen LogP contribution in [0.2, 0.25) is 0 Å². The Morgan fingerprint density at radius 2 is 1.67 bits per heavy atom. The van der Waals surface area contributed by atoms with Crippen molar-refractivity contribution in [1.82, 2.24) is 4.98 Å². The van der Waals surface area contributed by atoms with Crippen molar-refractivity contribution in [2.45, 2.75) is 12.8 Å². The molecule has 2 aromatic rings. The Hall–Kier alpha value is -1.63. The average molecular weight is 196 g/mol. The van der Waals surface area contributed by atoms with E-state index in [0.29, 0.717) is 5.92 Å². The van der Waals surface area contributed by atoms with Gasteiger partial charge in [0.1, 0.15) is 0 Å². The first-order chi connectivity index (χ1) is 7.36. The predicted octanol–water partition coefficient (Wildman–Crippen LogP) is 3.44. The number of hydrogen-bond acceptors (Lipinski definition) is 1. The smallest absolute Gasteiger partial charge is 0.0270 e. The molecular formula is C14H14N. The van der Waals surface area contributed by atoms with Crippen LogP contribution in [-0.2, 0) is 0 Å². The fourth-order valence-electron chi connectivity index (χ4n) is 1.62. The van der Waals surface area contributed by atoms with Gasteiger partial charge in [-0.05, 0) is 35.6 Å². The van der Waals surface area contributed by atoms with Crippen LogP contribution in [0, 0.1) is 6.42 Å². The summed E-state index contributed by atoms with van der Waals surface area (Å²) in [5.74, 6) is 0.439. The van der Waals surface area contributed by atoms with Gasteiger partial charge in [0.05, 0.1) is 0 Å². The summed E-state index contributed by atoms with van der Waals surface area (Å²) in [7, 11) is 0. The molecule has 1 aromatic carbocycles. The quantitative estimate of drug-likeness (QED) is 0.732. The first-order valence-corrected chi connectivity index (χ1v) is 5.16. The molecule has 0 aliphatic heterocycles. The molecule has 2 rings (SSSR count). The number of rotatable bonds is 3. The normalized spacial score (nSPS) is 12.3. The number of hydrogen-bond donors (Lipinski definition) is 0. The van der Waals surface area contributed by atoms with Gasteiger partial charge >= 0.3 is 0 Å². The molecule has 75 valence electrons. The zero-order valence-corrected chi connectivity index (χ0v) is 8.80. The zero-order valence-electron chi connectivity index (χ0n) is 8.80. The van der Waals surface area contributed by atoms with Crippen LogP contribution in [0.1, 0.15) is 24.0 Å².